The number of ether oxygens (including phenoxy) is 2. The second-order valence-corrected chi connectivity index (χ2v) is 4.00. The van der Waals surface area contributed by atoms with E-state index in [1.165, 1.54) is 0 Å². The Morgan fingerprint density at radius 2 is 2.05 bits per heavy atom. The molecule has 0 saturated carbocycles. The Morgan fingerprint density at radius 3 is 2.74 bits per heavy atom. The van der Waals surface area contributed by atoms with Gasteiger partial charge in [0.25, 0.3) is 0 Å². The first-order chi connectivity index (χ1) is 9.30. The maximum atomic E-state index is 5.57. The molecule has 2 N–H and O–H groups in total. The average Bonchev–Trinajstić information content (AvgIpc) is 2.86. The van der Waals surface area contributed by atoms with Crippen LogP contribution in [0.1, 0.15) is 11.5 Å². The molecule has 0 amide bonds. The fourth-order valence-electron chi connectivity index (χ4n) is 1.97. The molecular weight excluding hydrogens is 244 g/mol. The van der Waals surface area contributed by atoms with Gasteiger partial charge in [0.2, 0.25) is 0 Å². The number of aromatic nitrogens is 3. The van der Waals surface area contributed by atoms with Crippen molar-refractivity contribution in [1.29, 1.82) is 0 Å². The van der Waals surface area contributed by atoms with Gasteiger partial charge in [-0.05, 0) is 6.54 Å². The molecule has 0 spiro atoms. The predicted octanol–water partition coefficient (Wildman–Crippen LogP) is 0.845. The van der Waals surface area contributed by atoms with Crippen molar-refractivity contribution in [3.05, 3.63) is 36.2 Å². The summed E-state index contributed by atoms with van der Waals surface area (Å²) >= 11 is 0. The number of methoxy groups -OCH3 is 2. The Morgan fingerprint density at radius 1 is 1.21 bits per heavy atom. The first-order valence-corrected chi connectivity index (χ1v) is 6.06. The highest BCUT2D eigenvalue weighted by atomic mass is 16.5. The molecule has 2 aromatic heterocycles. The van der Waals surface area contributed by atoms with E-state index in [1.807, 2.05) is 10.8 Å². The van der Waals surface area contributed by atoms with Crippen LogP contribution in [0.25, 0.3) is 0 Å². The molecule has 0 aliphatic heterocycles. The normalized spacial score (nSPS) is 10.5. The third-order valence-electron chi connectivity index (χ3n) is 2.86. The first-order valence-electron chi connectivity index (χ1n) is 6.06. The Kier molecular flexibility index (Phi) is 4.35. The van der Waals surface area contributed by atoms with Crippen LogP contribution in [0.15, 0.2) is 24.7 Å². The lowest BCUT2D eigenvalue weighted by Crippen LogP contribution is -2.11. The van der Waals surface area contributed by atoms with Gasteiger partial charge in [-0.2, -0.15) is 0 Å². The lowest BCUT2D eigenvalue weighted by molar-refractivity contribution is 0.348. The molecule has 2 heterocycles. The maximum Gasteiger partial charge on any atom is 0.184 e. The minimum Gasteiger partial charge on any atom is -0.493 e. The van der Waals surface area contributed by atoms with Gasteiger partial charge < -0.3 is 19.8 Å². The topological polar surface area (TPSA) is 75.2 Å². The molecular formula is C13H18N4O2. The average molecular weight is 262 g/mol. The molecule has 0 aliphatic rings. The molecule has 0 radical (unpaired) electrons. The predicted molar refractivity (Wildman–Crippen MR) is 71.4 cm³/mol. The summed E-state index contributed by atoms with van der Waals surface area (Å²) in [7, 11) is 3.22. The largest absolute Gasteiger partial charge is 0.493 e. The maximum absolute atomic E-state index is 5.57. The summed E-state index contributed by atoms with van der Waals surface area (Å²) in [6.07, 6.45) is 6.11. The summed E-state index contributed by atoms with van der Waals surface area (Å²) in [5, 5.41) is 0. The van der Waals surface area contributed by atoms with Crippen LogP contribution in [0.4, 0.5) is 0 Å². The van der Waals surface area contributed by atoms with Crippen molar-refractivity contribution < 1.29 is 9.47 Å². The van der Waals surface area contributed by atoms with Crippen molar-refractivity contribution >= 4 is 0 Å². The van der Waals surface area contributed by atoms with Gasteiger partial charge in [-0.15, -0.1) is 0 Å². The van der Waals surface area contributed by atoms with Crippen molar-refractivity contribution in [3.8, 4) is 11.5 Å². The fraction of sp³-hybridized carbons (Fsp3) is 0.385. The molecule has 2 rings (SSSR count). The lowest BCUT2D eigenvalue weighted by Gasteiger charge is -2.13. The number of hydrogen-bond acceptors (Lipinski definition) is 5. The van der Waals surface area contributed by atoms with E-state index >= 15 is 0 Å². The second kappa shape index (κ2) is 6.19. The molecule has 102 valence electrons. The summed E-state index contributed by atoms with van der Waals surface area (Å²) in [6, 6.07) is 1.77. The molecule has 0 atom stereocenters. The van der Waals surface area contributed by atoms with Gasteiger partial charge in [0.05, 0.1) is 20.8 Å². The Balaban J connectivity index is 2.30. The van der Waals surface area contributed by atoms with Crippen LogP contribution < -0.4 is 15.2 Å². The van der Waals surface area contributed by atoms with Gasteiger partial charge in [0.1, 0.15) is 11.5 Å². The molecule has 2 aromatic rings. The first kappa shape index (κ1) is 13.4. The van der Waals surface area contributed by atoms with Crippen LogP contribution >= 0.6 is 0 Å². The van der Waals surface area contributed by atoms with Crippen LogP contribution in [-0.2, 0) is 13.0 Å². The van der Waals surface area contributed by atoms with Gasteiger partial charge in [-0.25, -0.2) is 4.98 Å². The molecule has 0 saturated heterocycles. The minimum absolute atomic E-state index is 0.569. The van der Waals surface area contributed by atoms with Gasteiger partial charge in [0.15, 0.2) is 11.5 Å². The summed E-state index contributed by atoms with van der Waals surface area (Å²) in [5.74, 6) is 2.26. The number of pyridine rings is 1. The number of nitrogens with zero attached hydrogens (tertiary/aromatic N) is 3. The molecule has 19 heavy (non-hydrogen) atoms. The third kappa shape index (κ3) is 2.85. The summed E-state index contributed by atoms with van der Waals surface area (Å²) in [6.45, 7) is 1.15. The SMILES string of the molecule is COc1ccnc(Cn2ccnc2CCN)c1OC. The van der Waals surface area contributed by atoms with E-state index in [-0.39, 0.29) is 0 Å². The van der Waals surface area contributed by atoms with E-state index < -0.39 is 0 Å². The zero-order valence-corrected chi connectivity index (χ0v) is 11.2. The Bertz CT molecular complexity index is 539. The molecule has 6 nitrogen and oxygen atoms in total. The van der Waals surface area contributed by atoms with Crippen molar-refractivity contribution in [2.24, 2.45) is 5.73 Å². The zero-order valence-electron chi connectivity index (χ0n) is 11.2. The number of imidazole rings is 1. The number of hydrogen-bond donors (Lipinski definition) is 1. The van der Waals surface area contributed by atoms with E-state index in [1.54, 1.807) is 32.7 Å². The second-order valence-electron chi connectivity index (χ2n) is 4.00. The lowest BCUT2D eigenvalue weighted by atomic mass is 10.3. The fourth-order valence-corrected chi connectivity index (χ4v) is 1.97. The van der Waals surface area contributed by atoms with Gasteiger partial charge >= 0.3 is 0 Å². The quantitative estimate of drug-likeness (QED) is 0.835. The Hall–Kier alpha value is -2.08. The molecule has 0 aliphatic carbocycles. The van der Waals surface area contributed by atoms with E-state index in [0.29, 0.717) is 24.6 Å². The van der Waals surface area contributed by atoms with Crippen LogP contribution in [0.2, 0.25) is 0 Å². The van der Waals surface area contributed by atoms with Crippen molar-refractivity contribution in [2.75, 3.05) is 20.8 Å². The third-order valence-corrected chi connectivity index (χ3v) is 2.86. The molecule has 0 unspecified atom stereocenters. The van der Waals surface area contributed by atoms with Crippen molar-refractivity contribution in [3.63, 3.8) is 0 Å². The monoisotopic (exact) mass is 262 g/mol. The summed E-state index contributed by atoms with van der Waals surface area (Å²) in [4.78, 5) is 8.63. The van der Waals surface area contributed by atoms with Crippen LogP contribution in [0.5, 0.6) is 11.5 Å². The van der Waals surface area contributed by atoms with E-state index in [2.05, 4.69) is 9.97 Å². The van der Waals surface area contributed by atoms with Crippen LogP contribution in [0.3, 0.4) is 0 Å². The van der Waals surface area contributed by atoms with Crippen LogP contribution in [0, 0.1) is 0 Å². The minimum atomic E-state index is 0.569. The summed E-state index contributed by atoms with van der Waals surface area (Å²) < 4.78 is 12.6. The van der Waals surface area contributed by atoms with Gasteiger partial charge in [0, 0.05) is 31.1 Å². The molecule has 0 fully saturated rings. The van der Waals surface area contributed by atoms with E-state index in [4.69, 9.17) is 15.2 Å². The standard InChI is InChI=1S/C13H18N4O2/c1-18-11-4-6-15-10(13(11)19-2)9-17-8-7-16-12(17)3-5-14/h4,6-8H,3,5,9,14H2,1-2H3. The molecule has 0 bridgehead atoms. The van der Waals surface area contributed by atoms with E-state index in [0.717, 1.165) is 17.9 Å². The van der Waals surface area contributed by atoms with E-state index in [9.17, 15) is 0 Å². The summed E-state index contributed by atoms with van der Waals surface area (Å²) in [5.41, 5.74) is 6.37. The number of nitrogens with two attached hydrogens (primary N) is 1. The molecule has 6 heteroatoms. The van der Waals surface area contributed by atoms with Gasteiger partial charge in [-0.3, -0.25) is 4.98 Å². The highest BCUT2D eigenvalue weighted by Crippen LogP contribution is 2.29. The Labute approximate surface area is 112 Å². The number of rotatable bonds is 6. The van der Waals surface area contributed by atoms with Crippen molar-refractivity contribution in [2.45, 2.75) is 13.0 Å². The highest BCUT2D eigenvalue weighted by molar-refractivity contribution is 5.42. The highest BCUT2D eigenvalue weighted by Gasteiger charge is 2.12. The smallest absolute Gasteiger partial charge is 0.184 e. The van der Waals surface area contributed by atoms with Crippen LogP contribution in [-0.4, -0.2) is 35.3 Å². The van der Waals surface area contributed by atoms with Gasteiger partial charge in [-0.1, -0.05) is 0 Å². The molecule has 0 aromatic carbocycles. The van der Waals surface area contributed by atoms with Crippen molar-refractivity contribution in [1.82, 2.24) is 14.5 Å². The zero-order chi connectivity index (χ0) is 13.7.